The molecule has 12 heteroatoms. The van der Waals surface area contributed by atoms with Crippen molar-refractivity contribution in [2.75, 3.05) is 32.3 Å². The minimum absolute atomic E-state index is 0.231. The summed E-state index contributed by atoms with van der Waals surface area (Å²) in [4.78, 5) is 25.4. The number of phosphoric acid groups is 1. The summed E-state index contributed by atoms with van der Waals surface area (Å²) in [5, 5.41) is 18.2. The summed E-state index contributed by atoms with van der Waals surface area (Å²) in [5.74, 6) is 0.994. The molecule has 0 saturated carbocycles. The Morgan fingerprint density at radius 1 is 1.46 bits per heavy atom. The molecule has 3 atom stereocenters. The van der Waals surface area contributed by atoms with Crippen LogP contribution in [-0.2, 0) is 13.8 Å². The van der Waals surface area contributed by atoms with Crippen molar-refractivity contribution in [1.82, 2.24) is 14.5 Å². The van der Waals surface area contributed by atoms with Crippen molar-refractivity contribution >= 4 is 19.5 Å². The van der Waals surface area contributed by atoms with E-state index >= 15 is 0 Å². The number of ether oxygens (including phenoxy) is 1. The highest BCUT2D eigenvalue weighted by Gasteiger charge is 2.39. The molecule has 1 aromatic heterocycles. The number of rotatable bonds is 4. The molecule has 3 rings (SSSR count). The lowest BCUT2D eigenvalue weighted by atomic mass is 10.2. The molecule has 4 N–H and O–H groups in total. The Bertz CT molecular complexity index is 689. The normalized spacial score (nSPS) is 27.7. The van der Waals surface area contributed by atoms with Crippen molar-refractivity contribution in [2.45, 2.75) is 24.9 Å². The van der Waals surface area contributed by atoms with E-state index in [1.807, 2.05) is 11.9 Å². The van der Waals surface area contributed by atoms with E-state index in [2.05, 4.69) is 9.51 Å². The predicted molar refractivity (Wildman–Crippen MR) is 82.6 cm³/mol. The molecular formula is C12H20N5O6P. The van der Waals surface area contributed by atoms with Crippen LogP contribution in [0.25, 0.3) is 0 Å². The number of phosphoric ester groups is 1. The summed E-state index contributed by atoms with van der Waals surface area (Å²) in [7, 11) is -0.962. The minimum atomic E-state index is -4.62. The Hall–Kier alpha value is -1.49. The lowest BCUT2D eigenvalue weighted by molar-refractivity contribution is -0.0431. The third kappa shape index (κ3) is 3.18. The maximum absolute atomic E-state index is 10.8. The number of hydrogen-bond donors (Lipinski definition) is 4. The quantitative estimate of drug-likeness (QED) is 0.512. The zero-order valence-electron chi connectivity index (χ0n) is 13.2. The first-order valence-corrected chi connectivity index (χ1v) is 8.82. The number of nitrogens with one attached hydrogen (secondary N) is 1. The lowest BCUT2D eigenvalue weighted by Crippen LogP contribution is -2.43. The standard InChI is InChI=1S/C12H20N5O6P/c1-15-6-16(2)12-10(11(15)13)14-5-17(12)9-3-7(18)8(23-9)4-22-24(19,20)21/h5,7-9,13,18H,3-4,6H2,1-2H3,(H2,19,20,21)/t7-,8+,9+/m0/s1. The fraction of sp³-hybridized carbons (Fsp3) is 0.667. The van der Waals surface area contributed by atoms with E-state index in [4.69, 9.17) is 19.9 Å². The highest BCUT2D eigenvalue weighted by Crippen LogP contribution is 2.39. The van der Waals surface area contributed by atoms with Crippen LogP contribution >= 0.6 is 7.82 Å². The van der Waals surface area contributed by atoms with E-state index in [9.17, 15) is 9.67 Å². The number of anilines is 1. The number of hydrogen-bond acceptors (Lipinski definition) is 7. The van der Waals surface area contributed by atoms with E-state index < -0.39 is 32.9 Å². The molecule has 0 radical (unpaired) electrons. The molecule has 24 heavy (non-hydrogen) atoms. The molecule has 11 nitrogen and oxygen atoms in total. The summed E-state index contributed by atoms with van der Waals surface area (Å²) in [6.45, 7) is 0.102. The molecule has 2 aliphatic heterocycles. The van der Waals surface area contributed by atoms with Gasteiger partial charge in [-0.3, -0.25) is 14.5 Å². The minimum Gasteiger partial charge on any atom is -0.390 e. The van der Waals surface area contributed by atoms with Gasteiger partial charge in [0.05, 0.1) is 25.7 Å². The van der Waals surface area contributed by atoms with Gasteiger partial charge in [0.2, 0.25) is 0 Å². The van der Waals surface area contributed by atoms with Crippen LogP contribution in [0, 0.1) is 5.41 Å². The average Bonchev–Trinajstić information content (AvgIpc) is 3.06. The van der Waals surface area contributed by atoms with Gasteiger partial charge in [-0.2, -0.15) is 0 Å². The number of aliphatic hydroxyl groups excluding tert-OH is 1. The largest absolute Gasteiger partial charge is 0.469 e. The fourth-order valence-corrected chi connectivity index (χ4v) is 3.29. The van der Waals surface area contributed by atoms with Crippen LogP contribution in [0.1, 0.15) is 18.3 Å². The van der Waals surface area contributed by atoms with E-state index in [-0.39, 0.29) is 6.42 Å². The number of aliphatic hydroxyl groups is 1. The summed E-state index contributed by atoms with van der Waals surface area (Å²) < 4.78 is 22.6. The second-order valence-electron chi connectivity index (χ2n) is 5.93. The van der Waals surface area contributed by atoms with Crippen LogP contribution in [0.15, 0.2) is 6.33 Å². The van der Waals surface area contributed by atoms with E-state index in [0.717, 1.165) is 0 Å². The molecule has 0 spiro atoms. The molecule has 0 amide bonds. The fourth-order valence-electron chi connectivity index (χ4n) is 2.95. The average molecular weight is 361 g/mol. The van der Waals surface area contributed by atoms with Gasteiger partial charge < -0.3 is 29.4 Å². The summed E-state index contributed by atoms with van der Waals surface area (Å²) in [5.41, 5.74) is 0.513. The van der Waals surface area contributed by atoms with Gasteiger partial charge in [-0.15, -0.1) is 0 Å². The van der Waals surface area contributed by atoms with Crippen molar-refractivity contribution in [3.8, 4) is 0 Å². The van der Waals surface area contributed by atoms with Crippen LogP contribution < -0.4 is 4.90 Å². The third-order valence-electron chi connectivity index (χ3n) is 4.08. The number of amidine groups is 1. The molecule has 1 saturated heterocycles. The van der Waals surface area contributed by atoms with E-state index in [1.54, 1.807) is 22.8 Å². The van der Waals surface area contributed by atoms with Gasteiger partial charge in [-0.05, 0) is 0 Å². The van der Waals surface area contributed by atoms with Gasteiger partial charge in [-0.25, -0.2) is 9.55 Å². The van der Waals surface area contributed by atoms with Crippen molar-refractivity contribution < 1.29 is 28.7 Å². The monoisotopic (exact) mass is 361 g/mol. The Balaban J connectivity index is 1.78. The van der Waals surface area contributed by atoms with Crippen LogP contribution in [0.4, 0.5) is 5.82 Å². The maximum atomic E-state index is 10.8. The number of aromatic nitrogens is 2. The highest BCUT2D eigenvalue weighted by atomic mass is 31.2. The zero-order chi connectivity index (χ0) is 17.6. The molecule has 0 unspecified atom stereocenters. The molecule has 3 heterocycles. The molecule has 0 aliphatic carbocycles. The van der Waals surface area contributed by atoms with Gasteiger partial charge in [0.1, 0.15) is 23.8 Å². The Morgan fingerprint density at radius 2 is 2.17 bits per heavy atom. The van der Waals surface area contributed by atoms with Crippen molar-refractivity contribution in [3.05, 3.63) is 12.0 Å². The second kappa shape index (κ2) is 6.10. The maximum Gasteiger partial charge on any atom is 0.469 e. The van der Waals surface area contributed by atoms with Gasteiger partial charge in [0.25, 0.3) is 0 Å². The van der Waals surface area contributed by atoms with Gasteiger partial charge in [-0.1, -0.05) is 0 Å². The molecule has 1 aromatic rings. The first kappa shape index (κ1) is 17.3. The first-order valence-electron chi connectivity index (χ1n) is 7.29. The molecule has 2 aliphatic rings. The number of imidazole rings is 1. The molecule has 0 bridgehead atoms. The van der Waals surface area contributed by atoms with E-state index in [1.165, 1.54) is 0 Å². The molecule has 0 aromatic carbocycles. The number of fused-ring (bicyclic) bond motifs is 1. The summed E-state index contributed by atoms with van der Waals surface area (Å²) >= 11 is 0. The summed E-state index contributed by atoms with van der Waals surface area (Å²) in [6.07, 6.45) is -0.555. The molecule has 1 fully saturated rings. The van der Waals surface area contributed by atoms with Crippen LogP contribution in [0.3, 0.4) is 0 Å². The van der Waals surface area contributed by atoms with Gasteiger partial charge in [0.15, 0.2) is 5.84 Å². The predicted octanol–water partition coefficient (Wildman–Crippen LogP) is -0.695. The second-order valence-corrected chi connectivity index (χ2v) is 7.17. The Morgan fingerprint density at radius 3 is 2.83 bits per heavy atom. The van der Waals surface area contributed by atoms with E-state index in [0.29, 0.717) is 24.0 Å². The van der Waals surface area contributed by atoms with Crippen molar-refractivity contribution in [3.63, 3.8) is 0 Å². The van der Waals surface area contributed by atoms with Gasteiger partial charge >= 0.3 is 7.82 Å². The Kier molecular flexibility index (Phi) is 4.41. The van der Waals surface area contributed by atoms with Crippen molar-refractivity contribution in [1.29, 1.82) is 5.41 Å². The van der Waals surface area contributed by atoms with Gasteiger partial charge in [0, 0.05) is 20.5 Å². The van der Waals surface area contributed by atoms with Crippen molar-refractivity contribution in [2.24, 2.45) is 0 Å². The van der Waals surface area contributed by atoms with Crippen LogP contribution in [0.2, 0.25) is 0 Å². The van der Waals surface area contributed by atoms with Crippen LogP contribution in [-0.4, -0.2) is 74.8 Å². The third-order valence-corrected chi connectivity index (χ3v) is 4.57. The molecular weight excluding hydrogens is 341 g/mol. The zero-order valence-corrected chi connectivity index (χ0v) is 14.1. The SMILES string of the molecule is CN1CN(C)c2c(ncn2[C@H]2C[C@H](O)[C@@H](COP(=O)(O)O)O2)C1=N. The molecule has 134 valence electrons. The Labute approximate surface area is 138 Å². The lowest BCUT2D eigenvalue weighted by Gasteiger charge is -2.34. The number of nitrogens with zero attached hydrogens (tertiary/aromatic N) is 4. The summed E-state index contributed by atoms with van der Waals surface area (Å²) in [6, 6.07) is 0. The van der Waals surface area contributed by atoms with Crippen LogP contribution in [0.5, 0.6) is 0 Å². The highest BCUT2D eigenvalue weighted by molar-refractivity contribution is 7.46. The first-order chi connectivity index (χ1) is 11.2. The topological polar surface area (TPSA) is 144 Å². The smallest absolute Gasteiger partial charge is 0.390 e.